The maximum Gasteiger partial charge on any atom is 0.326 e. The Balaban J connectivity index is 1.31. The minimum absolute atomic E-state index is 0.172. The summed E-state index contributed by atoms with van der Waals surface area (Å²) in [5.41, 5.74) is 1.02. The summed E-state index contributed by atoms with van der Waals surface area (Å²) in [6, 6.07) is 11.9. The van der Waals surface area contributed by atoms with E-state index in [4.69, 9.17) is 14.2 Å². The average Bonchev–Trinajstić information content (AvgIpc) is 3.22. The van der Waals surface area contributed by atoms with E-state index in [1.54, 1.807) is 43.3 Å². The van der Waals surface area contributed by atoms with Gasteiger partial charge in [0.1, 0.15) is 6.54 Å². The highest BCUT2D eigenvalue weighted by atomic mass is 16.7. The Hall–Kier alpha value is -3.88. The molecule has 0 aliphatic carbocycles. The summed E-state index contributed by atoms with van der Waals surface area (Å²) >= 11 is 0. The largest absolute Gasteiger partial charge is 0.454 e. The van der Waals surface area contributed by atoms with Crippen LogP contribution in [0.2, 0.25) is 0 Å². The Morgan fingerprint density at radius 3 is 2.87 bits per heavy atom. The number of amides is 1. The summed E-state index contributed by atoms with van der Waals surface area (Å²) in [6.45, 7) is 1.19. The molecule has 9 heteroatoms. The lowest BCUT2D eigenvalue weighted by Crippen LogP contribution is -2.32. The van der Waals surface area contributed by atoms with Gasteiger partial charge in [-0.05, 0) is 36.8 Å². The highest BCUT2D eigenvalue weighted by molar-refractivity contribution is 5.81. The lowest BCUT2D eigenvalue weighted by molar-refractivity contribution is -0.149. The van der Waals surface area contributed by atoms with Crippen LogP contribution in [0.1, 0.15) is 18.5 Å². The second-order valence-corrected chi connectivity index (χ2v) is 6.76. The van der Waals surface area contributed by atoms with E-state index in [1.807, 2.05) is 6.07 Å². The van der Waals surface area contributed by atoms with Crippen molar-refractivity contribution in [2.45, 2.75) is 19.5 Å². The van der Waals surface area contributed by atoms with Crippen LogP contribution in [0.5, 0.6) is 11.5 Å². The number of rotatable bonds is 6. The molecule has 3 aromatic rings. The molecule has 154 valence electrons. The van der Waals surface area contributed by atoms with Crippen LogP contribution in [0.25, 0.3) is 10.9 Å². The van der Waals surface area contributed by atoms with Crippen molar-refractivity contribution in [2.75, 3.05) is 13.4 Å². The molecule has 2 heterocycles. The Morgan fingerprint density at radius 2 is 2.00 bits per heavy atom. The predicted molar refractivity (Wildman–Crippen MR) is 106 cm³/mol. The number of para-hydroxylation sites is 1. The van der Waals surface area contributed by atoms with Crippen LogP contribution in [0, 0.1) is 0 Å². The fraction of sp³-hybridized carbons (Fsp3) is 0.238. The zero-order valence-corrected chi connectivity index (χ0v) is 16.2. The van der Waals surface area contributed by atoms with Crippen LogP contribution in [0.4, 0.5) is 0 Å². The molecule has 0 unspecified atom stereocenters. The number of ether oxygens (including phenoxy) is 3. The zero-order valence-electron chi connectivity index (χ0n) is 16.2. The second-order valence-electron chi connectivity index (χ2n) is 6.76. The Kier molecular flexibility index (Phi) is 5.34. The fourth-order valence-corrected chi connectivity index (χ4v) is 3.10. The molecule has 1 aromatic heterocycles. The molecule has 0 bridgehead atoms. The predicted octanol–water partition coefficient (Wildman–Crippen LogP) is 1.55. The molecule has 0 radical (unpaired) electrons. The summed E-state index contributed by atoms with van der Waals surface area (Å²) in [7, 11) is 0. The maximum atomic E-state index is 12.4. The van der Waals surface area contributed by atoms with Crippen LogP contribution >= 0.6 is 0 Å². The molecular formula is C21H19N3O6. The summed E-state index contributed by atoms with van der Waals surface area (Å²) in [5.74, 6) is 0.108. The van der Waals surface area contributed by atoms with Crippen molar-refractivity contribution in [3.05, 3.63) is 64.7 Å². The topological polar surface area (TPSA) is 109 Å². The zero-order chi connectivity index (χ0) is 21.1. The third-order valence-electron chi connectivity index (χ3n) is 4.67. The van der Waals surface area contributed by atoms with E-state index in [2.05, 4.69) is 10.3 Å². The molecule has 1 amide bonds. The monoisotopic (exact) mass is 409 g/mol. The van der Waals surface area contributed by atoms with Gasteiger partial charge < -0.3 is 19.5 Å². The number of hydrogen-bond donors (Lipinski definition) is 1. The van der Waals surface area contributed by atoms with Gasteiger partial charge in [-0.3, -0.25) is 19.0 Å². The summed E-state index contributed by atoms with van der Waals surface area (Å²) < 4.78 is 16.7. The molecule has 0 saturated heterocycles. The van der Waals surface area contributed by atoms with Gasteiger partial charge in [0.15, 0.2) is 18.1 Å². The highest BCUT2D eigenvalue weighted by Gasteiger charge is 2.17. The minimum Gasteiger partial charge on any atom is -0.454 e. The Labute approximate surface area is 171 Å². The van der Waals surface area contributed by atoms with Crippen LogP contribution in [-0.2, 0) is 20.9 Å². The third-order valence-corrected chi connectivity index (χ3v) is 4.67. The first-order chi connectivity index (χ1) is 14.5. The lowest BCUT2D eigenvalue weighted by atomic mass is 10.1. The molecule has 1 aliphatic rings. The van der Waals surface area contributed by atoms with Crippen molar-refractivity contribution in [3.63, 3.8) is 0 Å². The van der Waals surface area contributed by atoms with E-state index < -0.39 is 18.5 Å². The van der Waals surface area contributed by atoms with E-state index in [-0.39, 0.29) is 24.9 Å². The molecule has 1 N–H and O–H groups in total. The summed E-state index contributed by atoms with van der Waals surface area (Å²) in [5, 5.41) is 3.15. The van der Waals surface area contributed by atoms with Crippen molar-refractivity contribution in [1.29, 1.82) is 0 Å². The number of benzene rings is 2. The van der Waals surface area contributed by atoms with Gasteiger partial charge in [-0.15, -0.1) is 0 Å². The van der Waals surface area contributed by atoms with Gasteiger partial charge in [-0.2, -0.15) is 0 Å². The van der Waals surface area contributed by atoms with Gasteiger partial charge in [0, 0.05) is 0 Å². The van der Waals surface area contributed by atoms with Gasteiger partial charge in [0.05, 0.1) is 23.3 Å². The highest BCUT2D eigenvalue weighted by Crippen LogP contribution is 2.34. The van der Waals surface area contributed by atoms with E-state index in [0.717, 1.165) is 10.1 Å². The molecular weight excluding hydrogens is 390 g/mol. The Morgan fingerprint density at radius 1 is 1.20 bits per heavy atom. The first-order valence-electron chi connectivity index (χ1n) is 9.30. The second kappa shape index (κ2) is 8.24. The standard InChI is InChI=1S/C21H19N3O6/c1-13(14-6-7-17-18(8-14)30-12-29-17)23-19(25)10-28-20(26)9-24-11-22-16-5-3-2-4-15(16)21(24)27/h2-8,11,13H,9-10,12H2,1H3,(H,23,25)/t13-/m1/s1. The number of hydrogen-bond acceptors (Lipinski definition) is 7. The molecule has 0 saturated carbocycles. The van der Waals surface area contributed by atoms with Gasteiger partial charge in [-0.1, -0.05) is 18.2 Å². The van der Waals surface area contributed by atoms with E-state index in [9.17, 15) is 14.4 Å². The maximum absolute atomic E-state index is 12.4. The van der Waals surface area contributed by atoms with Crippen LogP contribution in [0.3, 0.4) is 0 Å². The summed E-state index contributed by atoms with van der Waals surface area (Å²) in [6.07, 6.45) is 1.29. The van der Waals surface area contributed by atoms with Crippen molar-refractivity contribution >= 4 is 22.8 Å². The van der Waals surface area contributed by atoms with Gasteiger partial charge in [0.2, 0.25) is 6.79 Å². The molecule has 30 heavy (non-hydrogen) atoms. The molecule has 1 atom stereocenters. The number of nitrogens with zero attached hydrogens (tertiary/aromatic N) is 2. The number of fused-ring (bicyclic) bond motifs is 2. The van der Waals surface area contributed by atoms with E-state index in [0.29, 0.717) is 22.4 Å². The van der Waals surface area contributed by atoms with Crippen molar-refractivity contribution in [3.8, 4) is 11.5 Å². The molecule has 1 aliphatic heterocycles. The van der Waals surface area contributed by atoms with Crippen LogP contribution in [0.15, 0.2) is 53.6 Å². The normalized spacial score (nSPS) is 13.1. The Bertz CT molecular complexity index is 1170. The quantitative estimate of drug-likeness (QED) is 0.615. The molecule has 4 rings (SSSR count). The van der Waals surface area contributed by atoms with Crippen LogP contribution < -0.4 is 20.3 Å². The van der Waals surface area contributed by atoms with E-state index >= 15 is 0 Å². The smallest absolute Gasteiger partial charge is 0.326 e. The average molecular weight is 409 g/mol. The summed E-state index contributed by atoms with van der Waals surface area (Å²) in [4.78, 5) is 40.7. The molecule has 2 aromatic carbocycles. The number of carbonyl (C=O) groups excluding carboxylic acids is 2. The van der Waals surface area contributed by atoms with Crippen molar-refractivity contribution < 1.29 is 23.8 Å². The van der Waals surface area contributed by atoms with Gasteiger partial charge >= 0.3 is 5.97 Å². The number of carbonyl (C=O) groups is 2. The fourth-order valence-electron chi connectivity index (χ4n) is 3.10. The van der Waals surface area contributed by atoms with E-state index in [1.165, 1.54) is 6.33 Å². The molecule has 0 spiro atoms. The molecule has 0 fully saturated rings. The number of esters is 1. The third kappa shape index (κ3) is 4.09. The van der Waals surface area contributed by atoms with Gasteiger partial charge in [-0.25, -0.2) is 4.98 Å². The van der Waals surface area contributed by atoms with Gasteiger partial charge in [0.25, 0.3) is 11.5 Å². The first kappa shape index (κ1) is 19.4. The van der Waals surface area contributed by atoms with Crippen molar-refractivity contribution in [2.24, 2.45) is 0 Å². The first-order valence-corrected chi connectivity index (χ1v) is 9.30. The SMILES string of the molecule is C[C@@H](NC(=O)COC(=O)Cn1cnc2ccccc2c1=O)c1ccc2c(c1)OCO2. The number of nitrogens with one attached hydrogen (secondary N) is 1. The van der Waals surface area contributed by atoms with Crippen molar-refractivity contribution in [1.82, 2.24) is 14.9 Å². The minimum atomic E-state index is -0.708. The lowest BCUT2D eigenvalue weighted by Gasteiger charge is -2.15. The number of aromatic nitrogens is 2. The van der Waals surface area contributed by atoms with Crippen LogP contribution in [-0.4, -0.2) is 34.8 Å². The molecule has 9 nitrogen and oxygen atoms in total.